The lowest BCUT2D eigenvalue weighted by atomic mass is 10.1. The van der Waals surface area contributed by atoms with Crippen LogP contribution in [0.4, 0.5) is 4.39 Å². The summed E-state index contributed by atoms with van der Waals surface area (Å²) in [6, 6.07) is 11.4. The molecule has 27 heavy (non-hydrogen) atoms. The predicted molar refractivity (Wildman–Crippen MR) is 97.8 cm³/mol. The van der Waals surface area contributed by atoms with Gasteiger partial charge in [-0.2, -0.15) is 0 Å². The third-order valence-corrected chi connectivity index (χ3v) is 4.44. The van der Waals surface area contributed by atoms with Gasteiger partial charge in [0.15, 0.2) is 12.4 Å². The van der Waals surface area contributed by atoms with Gasteiger partial charge in [0.2, 0.25) is 0 Å². The molecule has 0 fully saturated rings. The number of nitrogens with zero attached hydrogens (tertiary/aromatic N) is 2. The quantitative estimate of drug-likeness (QED) is 0.425. The molecule has 0 bridgehead atoms. The van der Waals surface area contributed by atoms with Gasteiger partial charge in [0.05, 0.1) is 18.4 Å². The van der Waals surface area contributed by atoms with Gasteiger partial charge in [-0.05, 0) is 37.3 Å². The summed E-state index contributed by atoms with van der Waals surface area (Å²) in [5.74, 6) is 0.528. The Labute approximate surface area is 159 Å². The van der Waals surface area contributed by atoms with Crippen molar-refractivity contribution in [2.24, 2.45) is 0 Å². The second-order valence-corrected chi connectivity index (χ2v) is 6.55. The van der Waals surface area contributed by atoms with Crippen LogP contribution < -0.4 is 9.47 Å². The lowest BCUT2D eigenvalue weighted by Gasteiger charge is -2.06. The molecule has 0 aliphatic carbocycles. The molecule has 0 unspecified atom stereocenters. The molecule has 0 N–H and O–H groups in total. The first-order valence-corrected chi connectivity index (χ1v) is 9.05. The van der Waals surface area contributed by atoms with E-state index in [1.807, 2.05) is 31.2 Å². The zero-order valence-electron chi connectivity index (χ0n) is 14.8. The van der Waals surface area contributed by atoms with Crippen molar-refractivity contribution >= 4 is 17.5 Å². The minimum Gasteiger partial charge on any atom is -0.496 e. The molecule has 0 aliphatic heterocycles. The fourth-order valence-corrected chi connectivity index (χ4v) is 2.90. The SMILES string of the molecule is COc1ccc(F)cc1C(=O)CSc1nnc(COc2ccc(C)cc2)o1. The van der Waals surface area contributed by atoms with Gasteiger partial charge < -0.3 is 13.9 Å². The Morgan fingerprint density at radius 1 is 1.19 bits per heavy atom. The molecule has 0 saturated heterocycles. The number of Topliss-reactive ketones (excluding diaryl/α,β-unsaturated/α-hetero) is 1. The van der Waals surface area contributed by atoms with Crippen LogP contribution in [0.25, 0.3) is 0 Å². The van der Waals surface area contributed by atoms with Gasteiger partial charge in [0, 0.05) is 0 Å². The number of halogens is 1. The molecule has 0 aliphatic rings. The van der Waals surface area contributed by atoms with Gasteiger partial charge in [-0.3, -0.25) is 4.79 Å². The third kappa shape index (κ3) is 5.07. The summed E-state index contributed by atoms with van der Waals surface area (Å²) in [7, 11) is 1.43. The molecule has 1 aromatic heterocycles. The molecule has 140 valence electrons. The number of aromatic nitrogens is 2. The Balaban J connectivity index is 1.55. The maximum atomic E-state index is 13.4. The maximum Gasteiger partial charge on any atom is 0.277 e. The number of ketones is 1. The van der Waals surface area contributed by atoms with Crippen molar-refractivity contribution in [2.75, 3.05) is 12.9 Å². The van der Waals surface area contributed by atoms with E-state index in [1.54, 1.807) is 0 Å². The van der Waals surface area contributed by atoms with Crippen LogP contribution in [0.3, 0.4) is 0 Å². The van der Waals surface area contributed by atoms with Crippen molar-refractivity contribution in [3.8, 4) is 11.5 Å². The normalized spacial score (nSPS) is 10.6. The van der Waals surface area contributed by atoms with Crippen LogP contribution in [0.5, 0.6) is 11.5 Å². The molecule has 3 rings (SSSR count). The topological polar surface area (TPSA) is 74.5 Å². The smallest absolute Gasteiger partial charge is 0.277 e. The van der Waals surface area contributed by atoms with Gasteiger partial charge in [-0.15, -0.1) is 10.2 Å². The van der Waals surface area contributed by atoms with E-state index in [1.165, 1.54) is 19.2 Å². The molecule has 6 nitrogen and oxygen atoms in total. The lowest BCUT2D eigenvalue weighted by Crippen LogP contribution is -2.05. The summed E-state index contributed by atoms with van der Waals surface area (Å²) in [6.07, 6.45) is 0. The number of methoxy groups -OCH3 is 1. The number of carbonyl (C=O) groups excluding carboxylic acids is 1. The van der Waals surface area contributed by atoms with Gasteiger partial charge in [-0.25, -0.2) is 4.39 Å². The predicted octanol–water partition coefficient (Wildman–Crippen LogP) is 4.08. The average molecular weight is 388 g/mol. The highest BCUT2D eigenvalue weighted by Gasteiger charge is 2.16. The molecule has 3 aromatic rings. The minimum absolute atomic E-state index is 0.0142. The number of rotatable bonds is 8. The van der Waals surface area contributed by atoms with E-state index >= 15 is 0 Å². The van der Waals surface area contributed by atoms with Crippen molar-refractivity contribution in [3.05, 3.63) is 65.3 Å². The average Bonchev–Trinajstić information content (AvgIpc) is 3.13. The summed E-state index contributed by atoms with van der Waals surface area (Å²) < 4.78 is 29.5. The van der Waals surface area contributed by atoms with E-state index in [-0.39, 0.29) is 28.9 Å². The summed E-state index contributed by atoms with van der Waals surface area (Å²) in [5.41, 5.74) is 1.31. The van der Waals surface area contributed by atoms with E-state index in [9.17, 15) is 9.18 Å². The Hall–Kier alpha value is -2.87. The summed E-state index contributed by atoms with van der Waals surface area (Å²) in [6.45, 7) is 2.12. The Bertz CT molecular complexity index is 928. The van der Waals surface area contributed by atoms with Crippen molar-refractivity contribution in [3.63, 3.8) is 0 Å². The van der Waals surface area contributed by atoms with E-state index in [4.69, 9.17) is 13.9 Å². The molecule has 0 saturated carbocycles. The first kappa shape index (κ1) is 18.9. The van der Waals surface area contributed by atoms with Crippen LogP contribution in [0.1, 0.15) is 21.8 Å². The summed E-state index contributed by atoms with van der Waals surface area (Å²) in [4.78, 5) is 12.3. The zero-order valence-corrected chi connectivity index (χ0v) is 15.6. The van der Waals surface area contributed by atoms with Crippen LogP contribution in [-0.4, -0.2) is 28.8 Å². The molecule has 0 amide bonds. The standard InChI is InChI=1S/C19H17FN2O4S/c1-12-3-6-14(7-4-12)25-10-18-21-22-19(26-18)27-11-16(23)15-9-13(20)5-8-17(15)24-2/h3-9H,10-11H2,1-2H3. The number of hydrogen-bond acceptors (Lipinski definition) is 7. The first-order valence-electron chi connectivity index (χ1n) is 8.06. The molecule has 2 aromatic carbocycles. The lowest BCUT2D eigenvalue weighted by molar-refractivity contribution is 0.101. The highest BCUT2D eigenvalue weighted by Crippen LogP contribution is 2.24. The zero-order chi connectivity index (χ0) is 19.2. The van der Waals surface area contributed by atoms with Crippen molar-refractivity contribution in [2.45, 2.75) is 18.8 Å². The third-order valence-electron chi connectivity index (χ3n) is 3.62. The first-order chi connectivity index (χ1) is 13.0. The largest absolute Gasteiger partial charge is 0.496 e. The molecule has 0 atom stereocenters. The van der Waals surface area contributed by atoms with E-state index in [0.29, 0.717) is 17.4 Å². The van der Waals surface area contributed by atoms with Crippen LogP contribution in [0.15, 0.2) is 52.1 Å². The van der Waals surface area contributed by atoms with E-state index in [0.717, 1.165) is 23.4 Å². The number of ether oxygens (including phenoxy) is 2. The Morgan fingerprint density at radius 3 is 2.70 bits per heavy atom. The molecule has 1 heterocycles. The monoisotopic (exact) mass is 388 g/mol. The number of benzene rings is 2. The number of aryl methyl sites for hydroxylation is 1. The van der Waals surface area contributed by atoms with Crippen LogP contribution in [0, 0.1) is 12.7 Å². The second-order valence-electron chi connectivity index (χ2n) is 5.62. The number of carbonyl (C=O) groups is 1. The molecule has 0 radical (unpaired) electrons. The minimum atomic E-state index is -0.502. The molecule has 0 spiro atoms. The maximum absolute atomic E-state index is 13.4. The van der Waals surface area contributed by atoms with E-state index in [2.05, 4.69) is 10.2 Å². The van der Waals surface area contributed by atoms with Crippen LogP contribution in [-0.2, 0) is 6.61 Å². The van der Waals surface area contributed by atoms with Crippen molar-refractivity contribution in [1.82, 2.24) is 10.2 Å². The number of hydrogen-bond donors (Lipinski definition) is 0. The van der Waals surface area contributed by atoms with E-state index < -0.39 is 5.82 Å². The van der Waals surface area contributed by atoms with Gasteiger partial charge >= 0.3 is 0 Å². The van der Waals surface area contributed by atoms with Crippen LogP contribution in [0.2, 0.25) is 0 Å². The molecule has 8 heteroatoms. The molecular weight excluding hydrogens is 371 g/mol. The van der Waals surface area contributed by atoms with Gasteiger partial charge in [0.25, 0.3) is 11.1 Å². The molecular formula is C19H17FN2O4S. The van der Waals surface area contributed by atoms with Crippen molar-refractivity contribution in [1.29, 1.82) is 0 Å². The highest BCUT2D eigenvalue weighted by atomic mass is 32.2. The Morgan fingerprint density at radius 2 is 1.96 bits per heavy atom. The number of thioether (sulfide) groups is 1. The van der Waals surface area contributed by atoms with Crippen LogP contribution >= 0.6 is 11.8 Å². The fraction of sp³-hybridized carbons (Fsp3) is 0.211. The van der Waals surface area contributed by atoms with Crippen molar-refractivity contribution < 1.29 is 23.1 Å². The van der Waals surface area contributed by atoms with Gasteiger partial charge in [0.1, 0.15) is 17.3 Å². The highest BCUT2D eigenvalue weighted by molar-refractivity contribution is 7.99. The second kappa shape index (κ2) is 8.68. The Kier molecular flexibility index (Phi) is 6.08. The van der Waals surface area contributed by atoms with Gasteiger partial charge in [-0.1, -0.05) is 29.5 Å². The summed E-state index contributed by atoms with van der Waals surface area (Å²) in [5, 5.41) is 8.00. The fourth-order valence-electron chi connectivity index (χ4n) is 2.24. The summed E-state index contributed by atoms with van der Waals surface area (Å²) >= 11 is 1.07.